The number of thioether (sulfide) groups is 2. The van der Waals surface area contributed by atoms with Gasteiger partial charge in [-0.05, 0) is 26.3 Å². The number of aliphatic carboxylic acids is 1. The molecule has 0 bridgehead atoms. The van der Waals surface area contributed by atoms with Gasteiger partial charge in [-0.2, -0.15) is 4.98 Å². The van der Waals surface area contributed by atoms with E-state index in [9.17, 15) is 29.1 Å². The molecule has 2 aliphatic heterocycles. The van der Waals surface area contributed by atoms with Gasteiger partial charge in [0.1, 0.15) is 29.9 Å². The van der Waals surface area contributed by atoms with E-state index in [2.05, 4.69) is 25.5 Å². The van der Waals surface area contributed by atoms with E-state index in [0.717, 1.165) is 28.0 Å². The number of nitrogens with one attached hydrogen (secondary N) is 1. The minimum absolute atomic E-state index is 0.0728. The van der Waals surface area contributed by atoms with E-state index in [1.165, 1.54) is 36.0 Å². The maximum absolute atomic E-state index is 13.1. The summed E-state index contributed by atoms with van der Waals surface area (Å²) in [6, 6.07) is -1.02. The average Bonchev–Trinajstić information content (AvgIpc) is 3.39. The number of aryl methyl sites for hydroxylation is 1. The van der Waals surface area contributed by atoms with Crippen LogP contribution < -0.4 is 21.3 Å². The average molecular weight is 669 g/mol. The highest BCUT2D eigenvalue weighted by molar-refractivity contribution is 8.01. The van der Waals surface area contributed by atoms with Gasteiger partial charge in [-0.3, -0.25) is 24.1 Å². The van der Waals surface area contributed by atoms with Crippen molar-refractivity contribution in [2.75, 3.05) is 31.1 Å². The molecule has 0 saturated carbocycles. The second-order valence-corrected chi connectivity index (χ2v) is 13.1. The molecule has 236 valence electrons. The zero-order valence-electron chi connectivity index (χ0n) is 24.1. The lowest BCUT2D eigenvalue weighted by Gasteiger charge is -2.49. The number of nitrogens with two attached hydrogens (primary N) is 1. The number of hydrogen-bond acceptors (Lipinski definition) is 16. The van der Waals surface area contributed by atoms with Crippen molar-refractivity contribution in [3.8, 4) is 5.88 Å². The number of carboxylic acid groups (broad SMARTS) is 1. The Kier molecular flexibility index (Phi) is 9.84. The molecule has 4 rings (SSSR count). The topological polar surface area (TPSA) is 231 Å². The number of esters is 1. The van der Waals surface area contributed by atoms with E-state index in [1.807, 2.05) is 0 Å². The van der Waals surface area contributed by atoms with Crippen LogP contribution in [0.25, 0.3) is 0 Å². The number of fused-ring (bicyclic) bond motifs is 1. The molecule has 17 nitrogen and oxygen atoms in total. The predicted molar refractivity (Wildman–Crippen MR) is 159 cm³/mol. The van der Waals surface area contributed by atoms with Gasteiger partial charge in [-0.1, -0.05) is 16.9 Å². The van der Waals surface area contributed by atoms with Gasteiger partial charge in [0.25, 0.3) is 11.8 Å². The van der Waals surface area contributed by atoms with Crippen molar-refractivity contribution < 1.29 is 38.6 Å². The summed E-state index contributed by atoms with van der Waals surface area (Å²) < 4.78 is 11.4. The summed E-state index contributed by atoms with van der Waals surface area (Å²) in [5.41, 5.74) is 4.26. The Labute approximate surface area is 262 Å². The monoisotopic (exact) mass is 668 g/mol. The predicted octanol–water partition coefficient (Wildman–Crippen LogP) is 0.0210. The first-order chi connectivity index (χ1) is 20.7. The third-order valence-corrected chi connectivity index (χ3v) is 9.09. The lowest BCUT2D eigenvalue weighted by molar-refractivity contribution is -0.160. The molecule has 1 saturated heterocycles. The van der Waals surface area contributed by atoms with Crippen molar-refractivity contribution >= 4 is 69.5 Å². The molecule has 4 heterocycles. The highest BCUT2D eigenvalue weighted by Gasteiger charge is 2.54. The lowest BCUT2D eigenvalue weighted by atomic mass is 9.98. The number of aromatic nitrogens is 4. The number of nitrogens with zero attached hydrogens (tertiary/aromatic N) is 6. The van der Waals surface area contributed by atoms with Crippen LogP contribution in [-0.2, 0) is 35.8 Å². The Hall–Kier alpha value is -4.17. The summed E-state index contributed by atoms with van der Waals surface area (Å²) in [5.74, 6) is -3.29. The second kappa shape index (κ2) is 13.2. The van der Waals surface area contributed by atoms with Crippen LogP contribution in [0.5, 0.6) is 5.88 Å². The Morgan fingerprint density at radius 1 is 1.27 bits per heavy atom. The molecule has 2 aliphatic rings. The number of thiazole rings is 1. The highest BCUT2D eigenvalue weighted by Crippen LogP contribution is 2.41. The van der Waals surface area contributed by atoms with Crippen molar-refractivity contribution in [1.29, 1.82) is 0 Å². The molecule has 44 heavy (non-hydrogen) atoms. The molecule has 0 unspecified atom stereocenters. The van der Waals surface area contributed by atoms with Crippen molar-refractivity contribution in [3.05, 3.63) is 32.7 Å². The Balaban J connectivity index is 1.43. The van der Waals surface area contributed by atoms with Crippen LogP contribution in [0.3, 0.4) is 0 Å². The fourth-order valence-corrected chi connectivity index (χ4v) is 6.79. The van der Waals surface area contributed by atoms with Crippen molar-refractivity contribution in [1.82, 2.24) is 30.0 Å². The van der Waals surface area contributed by atoms with E-state index in [-0.39, 0.29) is 44.8 Å². The van der Waals surface area contributed by atoms with E-state index in [4.69, 9.17) is 20.0 Å². The highest BCUT2D eigenvalue weighted by atomic mass is 32.2. The molecule has 4 N–H and O–H groups in total. The summed E-state index contributed by atoms with van der Waals surface area (Å²) in [6.45, 7) is 4.48. The van der Waals surface area contributed by atoms with Crippen molar-refractivity contribution in [3.63, 3.8) is 0 Å². The number of anilines is 1. The first-order valence-corrected chi connectivity index (χ1v) is 15.6. The van der Waals surface area contributed by atoms with Gasteiger partial charge in [0.2, 0.25) is 6.79 Å². The van der Waals surface area contributed by atoms with E-state index < -0.39 is 52.9 Å². The van der Waals surface area contributed by atoms with Gasteiger partial charge in [0, 0.05) is 23.9 Å². The maximum atomic E-state index is 13.1. The molecule has 0 aliphatic carbocycles. The van der Waals surface area contributed by atoms with Crippen LogP contribution >= 0.6 is 34.9 Å². The van der Waals surface area contributed by atoms with Gasteiger partial charge < -0.3 is 30.5 Å². The quantitative estimate of drug-likeness (QED) is 0.0716. The fourth-order valence-electron chi connectivity index (χ4n) is 3.85. The molecule has 0 radical (unpaired) electrons. The SMILES string of the molecule is CO/N=C(\C(=O)N[C@@H]1C(=O)N2C(C(=O)O)=C(CSc3nc(=O)c(OCOC(=O)C(C)(C)C)nn3C)CS[C@H]12)c1csc(N)n1. The van der Waals surface area contributed by atoms with Crippen LogP contribution in [0, 0.1) is 5.41 Å². The summed E-state index contributed by atoms with van der Waals surface area (Å²) in [6.07, 6.45) is 0. The molecule has 2 aromatic rings. The standard InChI is InChI=1S/C24H28N8O9S3/c1-24(2,3)21(38)41-9-40-17-16(34)28-23(31(4)29-17)44-7-10-6-42-19-13(18(35)32(19)14(10)20(36)37)27-15(33)12(30-39-5)11-8-43-22(25)26-11/h8,13,19H,6-7,9H2,1-5H3,(H2,25,26)(H,27,33)(H,36,37)/b30-12-/t13-,19-/m1/s1. The number of β-lactam (4-membered cyclic amide) rings is 1. The fraction of sp³-hybridized carbons (Fsp3) is 0.458. The van der Waals surface area contributed by atoms with Gasteiger partial charge in [0.05, 0.1) is 5.41 Å². The third kappa shape index (κ3) is 6.97. The molecular formula is C24H28N8O9S3. The molecule has 2 aromatic heterocycles. The number of carboxylic acids is 1. The Morgan fingerprint density at radius 2 is 2.00 bits per heavy atom. The largest absolute Gasteiger partial charge is 0.477 e. The second-order valence-electron chi connectivity index (χ2n) is 10.2. The first kappa shape index (κ1) is 32.7. The number of amides is 2. The first-order valence-electron chi connectivity index (χ1n) is 12.6. The van der Waals surface area contributed by atoms with E-state index >= 15 is 0 Å². The number of carbonyl (C=O) groups excluding carboxylic acids is 3. The smallest absolute Gasteiger partial charge is 0.352 e. The number of hydrogen-bond donors (Lipinski definition) is 3. The minimum atomic E-state index is -1.32. The van der Waals surface area contributed by atoms with Crippen LogP contribution in [0.15, 0.2) is 31.8 Å². The van der Waals surface area contributed by atoms with Gasteiger partial charge in [-0.25, -0.2) is 14.5 Å². The summed E-state index contributed by atoms with van der Waals surface area (Å²) in [7, 11) is 2.76. The summed E-state index contributed by atoms with van der Waals surface area (Å²) in [4.78, 5) is 76.4. The zero-order valence-corrected chi connectivity index (χ0v) is 26.5. The van der Waals surface area contributed by atoms with Crippen LogP contribution in [-0.4, -0.2) is 96.0 Å². The third-order valence-electron chi connectivity index (χ3n) is 5.97. The number of rotatable bonds is 11. The molecule has 1 fully saturated rings. The van der Waals surface area contributed by atoms with E-state index in [1.54, 1.807) is 20.8 Å². The Bertz CT molecular complexity index is 1610. The molecule has 20 heteroatoms. The van der Waals surface area contributed by atoms with Gasteiger partial charge in [0.15, 0.2) is 16.0 Å². The van der Waals surface area contributed by atoms with Crippen LogP contribution in [0.2, 0.25) is 0 Å². The van der Waals surface area contributed by atoms with Crippen molar-refractivity contribution in [2.24, 2.45) is 17.6 Å². The van der Waals surface area contributed by atoms with Crippen LogP contribution in [0.1, 0.15) is 26.5 Å². The molecule has 2 amide bonds. The zero-order chi connectivity index (χ0) is 32.3. The number of nitrogen functional groups attached to an aromatic ring is 1. The number of ether oxygens (including phenoxy) is 2. The van der Waals surface area contributed by atoms with Gasteiger partial charge >= 0.3 is 23.4 Å². The molecular weight excluding hydrogens is 641 g/mol. The number of carbonyl (C=O) groups is 4. The minimum Gasteiger partial charge on any atom is -0.477 e. The summed E-state index contributed by atoms with van der Waals surface area (Å²) >= 11 is 3.40. The Morgan fingerprint density at radius 3 is 2.61 bits per heavy atom. The summed E-state index contributed by atoms with van der Waals surface area (Å²) in [5, 5.41) is 21.5. The van der Waals surface area contributed by atoms with Gasteiger partial charge in [-0.15, -0.1) is 28.2 Å². The number of oxime groups is 1. The molecule has 0 spiro atoms. The lowest BCUT2D eigenvalue weighted by Crippen LogP contribution is -2.71. The maximum Gasteiger partial charge on any atom is 0.352 e. The van der Waals surface area contributed by atoms with E-state index in [0.29, 0.717) is 5.57 Å². The molecule has 2 atom stereocenters. The molecule has 0 aromatic carbocycles. The van der Waals surface area contributed by atoms with Crippen LogP contribution in [0.4, 0.5) is 5.13 Å². The normalized spacial score (nSPS) is 18.3. The van der Waals surface area contributed by atoms with Crippen molar-refractivity contribution in [2.45, 2.75) is 37.3 Å².